The van der Waals surface area contributed by atoms with E-state index in [-0.39, 0.29) is 12.4 Å². The van der Waals surface area contributed by atoms with E-state index >= 15 is 0 Å². The van der Waals surface area contributed by atoms with E-state index in [2.05, 4.69) is 35.7 Å². The highest BCUT2D eigenvalue weighted by molar-refractivity contribution is 5.41. The lowest BCUT2D eigenvalue weighted by atomic mass is 10.1. The van der Waals surface area contributed by atoms with E-state index in [1.807, 2.05) is 0 Å². The molecule has 0 aliphatic carbocycles. The van der Waals surface area contributed by atoms with Gasteiger partial charge in [-0.25, -0.2) is 4.39 Å². The quantitative estimate of drug-likeness (QED) is 0.853. The van der Waals surface area contributed by atoms with Crippen molar-refractivity contribution in [3.63, 3.8) is 0 Å². The van der Waals surface area contributed by atoms with Gasteiger partial charge in [-0.1, -0.05) is 17.9 Å². The van der Waals surface area contributed by atoms with E-state index in [0.29, 0.717) is 11.5 Å². The largest absolute Gasteiger partial charge is 0.384 e. The highest BCUT2D eigenvalue weighted by Gasteiger charge is 2.20. The minimum atomic E-state index is -0.291. The first kappa shape index (κ1) is 16.0. The van der Waals surface area contributed by atoms with Crippen molar-refractivity contribution in [3.05, 3.63) is 35.1 Å². The first-order valence-corrected chi connectivity index (χ1v) is 7.33. The number of hydrogen-bond donors (Lipinski definition) is 1. The Labute approximate surface area is 126 Å². The fraction of sp³-hybridized carbons (Fsp3) is 0.529. The number of nitrogens with zero attached hydrogens (tertiary/aromatic N) is 2. The molecule has 1 saturated heterocycles. The molecule has 1 heterocycles. The van der Waals surface area contributed by atoms with E-state index < -0.39 is 0 Å². The van der Waals surface area contributed by atoms with E-state index in [1.54, 1.807) is 6.07 Å². The van der Waals surface area contributed by atoms with Crippen LogP contribution in [0.2, 0.25) is 0 Å². The summed E-state index contributed by atoms with van der Waals surface area (Å²) in [6, 6.07) is 4.69. The third-order valence-corrected chi connectivity index (χ3v) is 3.87. The van der Waals surface area contributed by atoms with Crippen LogP contribution in [0.25, 0.3) is 0 Å². The van der Waals surface area contributed by atoms with Crippen molar-refractivity contribution in [3.8, 4) is 11.8 Å². The maximum Gasteiger partial charge on any atom is 0.124 e. The normalized spacial score (nSPS) is 18.8. The molecule has 0 radical (unpaired) electrons. The molecule has 2 rings (SSSR count). The lowest BCUT2D eigenvalue weighted by Crippen LogP contribution is -2.27. The summed E-state index contributed by atoms with van der Waals surface area (Å²) in [4.78, 5) is 4.62. The van der Waals surface area contributed by atoms with Crippen LogP contribution in [0.5, 0.6) is 0 Å². The van der Waals surface area contributed by atoms with Crippen LogP contribution < -0.4 is 0 Å². The van der Waals surface area contributed by atoms with Gasteiger partial charge < -0.3 is 14.9 Å². The lowest BCUT2D eigenvalue weighted by molar-refractivity contribution is 0.267. The van der Waals surface area contributed by atoms with Gasteiger partial charge in [0.2, 0.25) is 0 Å². The topological polar surface area (TPSA) is 26.7 Å². The fourth-order valence-electron chi connectivity index (χ4n) is 2.91. The highest BCUT2D eigenvalue weighted by atomic mass is 19.1. The summed E-state index contributed by atoms with van der Waals surface area (Å²) in [5, 5.41) is 8.80. The van der Waals surface area contributed by atoms with Crippen molar-refractivity contribution in [2.24, 2.45) is 5.92 Å². The summed E-state index contributed by atoms with van der Waals surface area (Å²) in [5.74, 6) is 5.84. The molecule has 0 spiro atoms. The van der Waals surface area contributed by atoms with Crippen LogP contribution in [0.4, 0.5) is 4.39 Å². The number of aliphatic hydroxyl groups is 1. The molecule has 0 saturated carbocycles. The van der Waals surface area contributed by atoms with Crippen molar-refractivity contribution in [2.45, 2.75) is 13.0 Å². The van der Waals surface area contributed by atoms with Crippen molar-refractivity contribution in [2.75, 3.05) is 40.3 Å². The zero-order valence-corrected chi connectivity index (χ0v) is 12.8. The van der Waals surface area contributed by atoms with Crippen molar-refractivity contribution >= 4 is 0 Å². The van der Waals surface area contributed by atoms with Crippen molar-refractivity contribution in [1.82, 2.24) is 9.80 Å². The third-order valence-electron chi connectivity index (χ3n) is 3.87. The van der Waals surface area contributed by atoms with Gasteiger partial charge in [0, 0.05) is 25.2 Å². The average Bonchev–Trinajstić information content (AvgIpc) is 2.84. The van der Waals surface area contributed by atoms with Gasteiger partial charge in [-0.3, -0.25) is 0 Å². The standard InChI is InChI=1S/C17H23FN2O/c1-19-8-7-14(11-19)12-20(2)13-16-5-6-17(18)10-15(16)4-3-9-21/h5-6,10,14,21H,7-9,11-13H2,1-2H3. The maximum absolute atomic E-state index is 13.3. The molecule has 1 aliphatic rings. The Morgan fingerprint density at radius 3 is 2.95 bits per heavy atom. The molecule has 21 heavy (non-hydrogen) atoms. The molecule has 0 aromatic heterocycles. The van der Waals surface area contributed by atoms with Crippen LogP contribution in [-0.2, 0) is 6.54 Å². The smallest absolute Gasteiger partial charge is 0.124 e. The van der Waals surface area contributed by atoms with Gasteiger partial charge >= 0.3 is 0 Å². The maximum atomic E-state index is 13.3. The molecule has 1 unspecified atom stereocenters. The van der Waals surface area contributed by atoms with E-state index in [9.17, 15) is 4.39 Å². The van der Waals surface area contributed by atoms with Crippen LogP contribution in [0.3, 0.4) is 0 Å². The van der Waals surface area contributed by atoms with Gasteiger partial charge in [0.05, 0.1) is 0 Å². The van der Waals surface area contributed by atoms with Gasteiger partial charge in [-0.05, 0) is 50.7 Å². The molecule has 0 bridgehead atoms. The van der Waals surface area contributed by atoms with Crippen molar-refractivity contribution in [1.29, 1.82) is 0 Å². The molecule has 1 aliphatic heterocycles. The molecule has 1 aromatic rings. The molecule has 114 valence electrons. The fourth-order valence-corrected chi connectivity index (χ4v) is 2.91. The van der Waals surface area contributed by atoms with Gasteiger partial charge in [0.15, 0.2) is 0 Å². The van der Waals surface area contributed by atoms with Gasteiger partial charge in [0.25, 0.3) is 0 Å². The summed E-state index contributed by atoms with van der Waals surface area (Å²) >= 11 is 0. The Morgan fingerprint density at radius 2 is 2.29 bits per heavy atom. The van der Waals surface area contributed by atoms with E-state index in [0.717, 1.165) is 25.2 Å². The molecular weight excluding hydrogens is 267 g/mol. The van der Waals surface area contributed by atoms with Gasteiger partial charge in [0.1, 0.15) is 12.4 Å². The number of likely N-dealkylation sites (tertiary alicyclic amines) is 1. The molecule has 1 atom stereocenters. The predicted octanol–water partition coefficient (Wildman–Crippen LogP) is 1.55. The molecule has 1 fully saturated rings. The summed E-state index contributed by atoms with van der Waals surface area (Å²) in [5.41, 5.74) is 1.67. The molecule has 1 N–H and O–H groups in total. The first-order chi connectivity index (χ1) is 10.1. The predicted molar refractivity (Wildman–Crippen MR) is 82.3 cm³/mol. The zero-order chi connectivity index (χ0) is 15.2. The SMILES string of the molecule is CN1CCC(CN(C)Cc2ccc(F)cc2C#CCO)C1. The van der Waals surface area contributed by atoms with E-state index in [4.69, 9.17) is 5.11 Å². The minimum absolute atomic E-state index is 0.208. The number of hydrogen-bond acceptors (Lipinski definition) is 3. The molecule has 0 amide bonds. The Hall–Kier alpha value is -1.41. The second-order valence-corrected chi connectivity index (χ2v) is 5.88. The summed E-state index contributed by atoms with van der Waals surface area (Å²) in [6.07, 6.45) is 1.24. The molecule has 1 aromatic carbocycles. The van der Waals surface area contributed by atoms with Crippen LogP contribution in [0.15, 0.2) is 18.2 Å². The lowest BCUT2D eigenvalue weighted by Gasteiger charge is -2.21. The van der Waals surface area contributed by atoms with Crippen molar-refractivity contribution < 1.29 is 9.50 Å². The number of aliphatic hydroxyl groups excluding tert-OH is 1. The number of halogens is 1. The first-order valence-electron chi connectivity index (χ1n) is 7.33. The number of rotatable bonds is 4. The minimum Gasteiger partial charge on any atom is -0.384 e. The van der Waals surface area contributed by atoms with Crippen LogP contribution in [-0.4, -0.2) is 55.2 Å². The third kappa shape index (κ3) is 4.82. The number of benzene rings is 1. The molecular formula is C17H23FN2O. The highest BCUT2D eigenvalue weighted by Crippen LogP contribution is 2.17. The molecule has 4 heteroatoms. The summed E-state index contributed by atoms with van der Waals surface area (Å²) < 4.78 is 13.3. The average molecular weight is 290 g/mol. The Kier molecular flexibility index (Phi) is 5.75. The summed E-state index contributed by atoms with van der Waals surface area (Å²) in [6.45, 7) is 3.89. The monoisotopic (exact) mass is 290 g/mol. The van der Waals surface area contributed by atoms with Crippen LogP contribution in [0, 0.1) is 23.6 Å². The zero-order valence-electron chi connectivity index (χ0n) is 12.8. The molecule has 3 nitrogen and oxygen atoms in total. The Morgan fingerprint density at radius 1 is 1.48 bits per heavy atom. The second-order valence-electron chi connectivity index (χ2n) is 5.88. The van der Waals surface area contributed by atoms with E-state index in [1.165, 1.54) is 25.1 Å². The Balaban J connectivity index is 2.01. The second kappa shape index (κ2) is 7.56. The van der Waals surface area contributed by atoms with Gasteiger partial charge in [-0.2, -0.15) is 0 Å². The summed E-state index contributed by atoms with van der Waals surface area (Å²) in [7, 11) is 4.24. The van der Waals surface area contributed by atoms with Crippen LogP contribution in [0.1, 0.15) is 17.5 Å². The van der Waals surface area contributed by atoms with Crippen LogP contribution >= 0.6 is 0 Å². The Bertz CT molecular complexity index is 535. The van der Waals surface area contributed by atoms with Gasteiger partial charge in [-0.15, -0.1) is 0 Å².